The van der Waals surface area contributed by atoms with Crippen molar-refractivity contribution >= 4 is 39.7 Å². The summed E-state index contributed by atoms with van der Waals surface area (Å²) in [6.45, 7) is 1.04. The van der Waals surface area contributed by atoms with Gasteiger partial charge >= 0.3 is 0 Å². The van der Waals surface area contributed by atoms with Crippen molar-refractivity contribution < 1.29 is 14.7 Å². The van der Waals surface area contributed by atoms with Gasteiger partial charge in [-0.1, -0.05) is 24.3 Å². The number of likely N-dealkylation sites (N-methyl/N-ethyl adjacent to an activating group) is 1. The molecule has 0 bridgehead atoms. The Morgan fingerprint density at radius 3 is 2.62 bits per heavy atom. The summed E-state index contributed by atoms with van der Waals surface area (Å²) < 4.78 is 1.91. The van der Waals surface area contributed by atoms with E-state index in [1.165, 1.54) is 11.3 Å². The van der Waals surface area contributed by atoms with Crippen LogP contribution >= 0.6 is 11.3 Å². The van der Waals surface area contributed by atoms with E-state index in [-0.39, 0.29) is 11.3 Å². The Morgan fingerprint density at radius 2 is 1.93 bits per heavy atom. The number of aryl methyl sites for hydroxylation is 1. The first-order valence-corrected chi connectivity index (χ1v) is 10.3. The second-order valence-corrected chi connectivity index (χ2v) is 8.46. The number of nitrogens with zero attached hydrogens (tertiary/aromatic N) is 3. The SMILES string of the molecule is CN(C)CCN1C(=O)C(=O)C(=C(O)c2cn(C)c3ccccc23)[C@@H]1c1cccs1. The highest BCUT2D eigenvalue weighted by Gasteiger charge is 2.46. The zero-order valence-corrected chi connectivity index (χ0v) is 17.4. The second-order valence-electron chi connectivity index (χ2n) is 7.48. The largest absolute Gasteiger partial charge is 0.507 e. The fourth-order valence-corrected chi connectivity index (χ4v) is 4.68. The van der Waals surface area contributed by atoms with Crippen LogP contribution in [0.15, 0.2) is 53.5 Å². The first kappa shape index (κ1) is 19.4. The summed E-state index contributed by atoms with van der Waals surface area (Å²) in [5.41, 5.74) is 1.67. The van der Waals surface area contributed by atoms with Gasteiger partial charge in [0, 0.05) is 47.7 Å². The normalized spacial score (nSPS) is 19.0. The second kappa shape index (κ2) is 7.50. The third-order valence-electron chi connectivity index (χ3n) is 5.29. The maximum atomic E-state index is 13.0. The van der Waals surface area contributed by atoms with E-state index in [1.807, 2.05) is 72.4 Å². The number of ketones is 1. The number of hydrogen-bond donors (Lipinski definition) is 1. The van der Waals surface area contributed by atoms with Crippen LogP contribution in [0, 0.1) is 0 Å². The minimum Gasteiger partial charge on any atom is -0.507 e. The van der Waals surface area contributed by atoms with Crippen LogP contribution in [0.25, 0.3) is 16.7 Å². The Hall–Kier alpha value is -2.90. The zero-order chi connectivity index (χ0) is 20.7. The number of para-hydroxylation sites is 1. The highest BCUT2D eigenvalue weighted by Crippen LogP contribution is 2.42. The van der Waals surface area contributed by atoms with Crippen molar-refractivity contribution in [2.24, 2.45) is 7.05 Å². The van der Waals surface area contributed by atoms with Gasteiger partial charge in [-0.3, -0.25) is 9.59 Å². The molecule has 1 N–H and O–H groups in total. The van der Waals surface area contributed by atoms with E-state index in [1.54, 1.807) is 11.1 Å². The van der Waals surface area contributed by atoms with Crippen molar-refractivity contribution in [1.29, 1.82) is 0 Å². The Bertz CT molecular complexity index is 1110. The summed E-state index contributed by atoms with van der Waals surface area (Å²) in [7, 11) is 5.74. The first-order valence-electron chi connectivity index (χ1n) is 9.41. The summed E-state index contributed by atoms with van der Waals surface area (Å²) >= 11 is 1.48. The fraction of sp³-hybridized carbons (Fsp3) is 0.273. The molecule has 0 saturated carbocycles. The molecular weight excluding hydrogens is 386 g/mol. The van der Waals surface area contributed by atoms with Gasteiger partial charge in [-0.25, -0.2) is 0 Å². The van der Waals surface area contributed by atoms with Crippen LogP contribution in [0.1, 0.15) is 16.5 Å². The van der Waals surface area contributed by atoms with Crippen LogP contribution in [-0.2, 0) is 16.6 Å². The number of hydrogen-bond acceptors (Lipinski definition) is 5. The van der Waals surface area contributed by atoms with Crippen molar-refractivity contribution in [2.75, 3.05) is 27.2 Å². The van der Waals surface area contributed by atoms with Gasteiger partial charge in [-0.2, -0.15) is 0 Å². The summed E-state index contributed by atoms with van der Waals surface area (Å²) in [6, 6.07) is 10.9. The average molecular weight is 410 g/mol. The predicted octanol–water partition coefficient (Wildman–Crippen LogP) is 3.22. The van der Waals surface area contributed by atoms with Gasteiger partial charge in [-0.05, 0) is 31.6 Å². The number of carbonyl (C=O) groups excluding carboxylic acids is 2. The number of rotatable bonds is 5. The van der Waals surface area contributed by atoms with Crippen LogP contribution in [0.5, 0.6) is 0 Å². The van der Waals surface area contributed by atoms with Crippen LogP contribution in [0.2, 0.25) is 0 Å². The van der Waals surface area contributed by atoms with Gasteiger partial charge in [0.15, 0.2) is 0 Å². The molecule has 7 heteroatoms. The van der Waals surface area contributed by atoms with Gasteiger partial charge in [0.2, 0.25) is 0 Å². The molecule has 3 heterocycles. The lowest BCUT2D eigenvalue weighted by molar-refractivity contribution is -0.140. The molecule has 4 rings (SSSR count). The highest BCUT2D eigenvalue weighted by molar-refractivity contribution is 7.10. The number of aliphatic hydroxyl groups is 1. The molecule has 0 unspecified atom stereocenters. The van der Waals surface area contributed by atoms with Gasteiger partial charge in [0.1, 0.15) is 5.76 Å². The topological polar surface area (TPSA) is 65.8 Å². The quantitative estimate of drug-likeness (QED) is 0.399. The summed E-state index contributed by atoms with van der Waals surface area (Å²) in [6.07, 6.45) is 1.80. The van der Waals surface area contributed by atoms with E-state index >= 15 is 0 Å². The Balaban J connectivity index is 1.89. The van der Waals surface area contributed by atoms with Crippen molar-refractivity contribution in [1.82, 2.24) is 14.4 Å². The molecule has 0 spiro atoms. The van der Waals surface area contributed by atoms with E-state index in [9.17, 15) is 14.7 Å². The summed E-state index contributed by atoms with van der Waals surface area (Å²) in [5, 5.41) is 14.0. The lowest BCUT2D eigenvalue weighted by Gasteiger charge is -2.25. The van der Waals surface area contributed by atoms with E-state index in [0.717, 1.165) is 15.8 Å². The van der Waals surface area contributed by atoms with Gasteiger partial charge in [0.05, 0.1) is 11.6 Å². The van der Waals surface area contributed by atoms with E-state index < -0.39 is 17.7 Å². The minimum atomic E-state index is -0.632. The number of likely N-dealkylation sites (tertiary alicyclic amines) is 1. The number of benzene rings is 1. The van der Waals surface area contributed by atoms with Crippen molar-refractivity contribution in [3.63, 3.8) is 0 Å². The number of amides is 1. The Labute approximate surface area is 173 Å². The molecular formula is C22H23N3O3S. The molecule has 1 aromatic carbocycles. The molecule has 2 aromatic heterocycles. The molecule has 1 fully saturated rings. The molecule has 1 amide bonds. The first-order chi connectivity index (χ1) is 13.9. The maximum Gasteiger partial charge on any atom is 0.295 e. The Morgan fingerprint density at radius 1 is 1.17 bits per heavy atom. The van der Waals surface area contributed by atoms with E-state index in [4.69, 9.17) is 0 Å². The fourth-order valence-electron chi connectivity index (χ4n) is 3.84. The smallest absolute Gasteiger partial charge is 0.295 e. The summed E-state index contributed by atoms with van der Waals surface area (Å²) in [5.74, 6) is -1.31. The van der Waals surface area contributed by atoms with Crippen molar-refractivity contribution in [3.05, 3.63) is 64.0 Å². The molecule has 3 aromatic rings. The van der Waals surface area contributed by atoms with Gasteiger partial charge in [0.25, 0.3) is 11.7 Å². The molecule has 1 atom stereocenters. The molecule has 6 nitrogen and oxygen atoms in total. The standard InChI is InChI=1S/C22H23N3O3S/c1-23(2)10-11-25-19(17-9-6-12-29-17)18(21(27)22(25)28)20(26)15-13-24(3)16-8-5-4-7-14(15)16/h4-9,12-13,19,26H,10-11H2,1-3H3/t19-/m0/s1. The lowest BCUT2D eigenvalue weighted by Crippen LogP contribution is -2.35. The molecule has 29 heavy (non-hydrogen) atoms. The molecule has 0 aliphatic carbocycles. The predicted molar refractivity (Wildman–Crippen MR) is 115 cm³/mol. The van der Waals surface area contributed by atoms with E-state index in [0.29, 0.717) is 18.7 Å². The van der Waals surface area contributed by atoms with Crippen LogP contribution in [0.4, 0.5) is 0 Å². The number of thiophene rings is 1. The third kappa shape index (κ3) is 3.26. The molecule has 1 saturated heterocycles. The lowest BCUT2D eigenvalue weighted by atomic mass is 9.99. The number of aliphatic hydroxyl groups excluding tert-OH is 1. The molecule has 1 aliphatic rings. The van der Waals surface area contributed by atoms with Crippen molar-refractivity contribution in [2.45, 2.75) is 6.04 Å². The van der Waals surface area contributed by atoms with Gasteiger partial charge in [-0.15, -0.1) is 11.3 Å². The van der Waals surface area contributed by atoms with Crippen LogP contribution in [-0.4, -0.2) is 58.3 Å². The molecule has 0 radical (unpaired) electrons. The average Bonchev–Trinajstić information content (AvgIpc) is 3.39. The number of fused-ring (bicyclic) bond motifs is 1. The van der Waals surface area contributed by atoms with Crippen LogP contribution < -0.4 is 0 Å². The number of aromatic nitrogens is 1. The minimum absolute atomic E-state index is 0.120. The van der Waals surface area contributed by atoms with Crippen LogP contribution in [0.3, 0.4) is 0 Å². The van der Waals surface area contributed by atoms with Crippen molar-refractivity contribution in [3.8, 4) is 0 Å². The van der Waals surface area contributed by atoms with Gasteiger partial charge < -0.3 is 19.5 Å². The molecule has 150 valence electrons. The molecule has 1 aliphatic heterocycles. The zero-order valence-electron chi connectivity index (χ0n) is 16.6. The Kier molecular flexibility index (Phi) is 5.02. The summed E-state index contributed by atoms with van der Waals surface area (Å²) in [4.78, 5) is 30.3. The van der Waals surface area contributed by atoms with E-state index in [2.05, 4.69) is 0 Å². The maximum absolute atomic E-state index is 13.0. The third-order valence-corrected chi connectivity index (χ3v) is 6.22. The monoisotopic (exact) mass is 409 g/mol. The highest BCUT2D eigenvalue weighted by atomic mass is 32.1. The number of Topliss-reactive ketones (excluding diaryl/α,β-unsaturated/α-hetero) is 1. The number of carbonyl (C=O) groups is 2.